The molecule has 1 amide bonds. The molecule has 116 valence electrons. The largest absolute Gasteiger partial charge is 0.470 e. The van der Waals surface area contributed by atoms with Crippen LogP contribution in [-0.2, 0) is 11.2 Å². The summed E-state index contributed by atoms with van der Waals surface area (Å²) in [5.74, 6) is 0.319. The molecule has 0 saturated carbocycles. The van der Waals surface area contributed by atoms with Crippen molar-refractivity contribution >= 4 is 5.91 Å². The van der Waals surface area contributed by atoms with E-state index in [0.717, 1.165) is 12.0 Å². The molecule has 0 radical (unpaired) electrons. The molecule has 1 atom stereocenters. The summed E-state index contributed by atoms with van der Waals surface area (Å²) in [6.07, 6.45) is 3.90. The van der Waals surface area contributed by atoms with Gasteiger partial charge in [-0.1, -0.05) is 30.3 Å². The van der Waals surface area contributed by atoms with Gasteiger partial charge in [0.15, 0.2) is 0 Å². The Morgan fingerprint density at radius 1 is 1.30 bits per heavy atom. The minimum Gasteiger partial charge on any atom is -0.470 e. The molecule has 23 heavy (non-hydrogen) atoms. The van der Waals surface area contributed by atoms with E-state index in [-0.39, 0.29) is 23.6 Å². The summed E-state index contributed by atoms with van der Waals surface area (Å²) in [5, 5.41) is 9.00. The highest BCUT2D eigenvalue weighted by Crippen LogP contribution is 2.19. The second-order valence-electron chi connectivity index (χ2n) is 5.35. The van der Waals surface area contributed by atoms with Crippen LogP contribution in [0.4, 0.5) is 0 Å². The van der Waals surface area contributed by atoms with E-state index in [1.54, 1.807) is 4.90 Å². The van der Waals surface area contributed by atoms with Crippen LogP contribution in [0.25, 0.3) is 0 Å². The van der Waals surface area contributed by atoms with Crippen molar-refractivity contribution in [3.8, 4) is 11.9 Å². The van der Waals surface area contributed by atoms with Gasteiger partial charge in [0.2, 0.25) is 11.6 Å². The molecule has 0 spiro atoms. The maximum atomic E-state index is 12.3. The third kappa shape index (κ3) is 3.64. The number of nitriles is 1. The number of hydrogen-bond donors (Lipinski definition) is 0. The van der Waals surface area contributed by atoms with Crippen molar-refractivity contribution in [3.05, 3.63) is 54.0 Å². The highest BCUT2D eigenvalue weighted by Gasteiger charge is 2.28. The lowest BCUT2D eigenvalue weighted by molar-refractivity contribution is -0.129. The van der Waals surface area contributed by atoms with E-state index in [1.807, 2.05) is 36.4 Å². The van der Waals surface area contributed by atoms with Crippen LogP contribution in [-0.4, -0.2) is 40.0 Å². The first-order chi connectivity index (χ1) is 11.3. The second kappa shape index (κ2) is 6.88. The van der Waals surface area contributed by atoms with Crippen molar-refractivity contribution in [1.82, 2.24) is 14.9 Å². The fourth-order valence-electron chi connectivity index (χ4n) is 2.58. The first-order valence-electron chi connectivity index (χ1n) is 7.45. The summed E-state index contributed by atoms with van der Waals surface area (Å²) in [6.45, 7) is 1.16. The van der Waals surface area contributed by atoms with Crippen LogP contribution in [0.3, 0.4) is 0 Å². The van der Waals surface area contributed by atoms with Gasteiger partial charge in [0.25, 0.3) is 5.88 Å². The zero-order valence-corrected chi connectivity index (χ0v) is 12.6. The molecule has 0 unspecified atom stereocenters. The van der Waals surface area contributed by atoms with Crippen LogP contribution < -0.4 is 4.74 Å². The molecule has 0 aliphatic carbocycles. The number of ether oxygens (including phenoxy) is 1. The summed E-state index contributed by atoms with van der Waals surface area (Å²) in [6, 6.07) is 11.6. The number of likely N-dealkylation sites (tertiary alicyclic amines) is 1. The smallest absolute Gasteiger partial charge is 0.251 e. The van der Waals surface area contributed by atoms with Crippen LogP contribution in [0.15, 0.2) is 42.7 Å². The number of nitrogens with zero attached hydrogens (tertiary/aromatic N) is 4. The predicted molar refractivity (Wildman–Crippen MR) is 82.5 cm³/mol. The number of aromatic nitrogens is 2. The van der Waals surface area contributed by atoms with Crippen molar-refractivity contribution in [3.63, 3.8) is 0 Å². The second-order valence-corrected chi connectivity index (χ2v) is 5.35. The summed E-state index contributed by atoms with van der Waals surface area (Å²) in [5.41, 5.74) is 1.17. The third-order valence-corrected chi connectivity index (χ3v) is 3.74. The maximum absolute atomic E-state index is 12.3. The molecule has 6 nitrogen and oxygen atoms in total. The quantitative estimate of drug-likeness (QED) is 0.856. The molecule has 1 aromatic heterocycles. The van der Waals surface area contributed by atoms with Gasteiger partial charge in [-0.15, -0.1) is 0 Å². The van der Waals surface area contributed by atoms with Gasteiger partial charge in [-0.3, -0.25) is 4.79 Å². The number of amides is 1. The van der Waals surface area contributed by atoms with Crippen molar-refractivity contribution < 1.29 is 9.53 Å². The zero-order chi connectivity index (χ0) is 16.1. The van der Waals surface area contributed by atoms with Crippen LogP contribution in [0.1, 0.15) is 17.7 Å². The van der Waals surface area contributed by atoms with E-state index < -0.39 is 0 Å². The third-order valence-electron chi connectivity index (χ3n) is 3.74. The average Bonchev–Trinajstić information content (AvgIpc) is 3.05. The van der Waals surface area contributed by atoms with E-state index in [0.29, 0.717) is 19.5 Å². The monoisotopic (exact) mass is 308 g/mol. The Bertz CT molecular complexity index is 727. The molecule has 0 N–H and O–H groups in total. The molecule has 2 heterocycles. The Kier molecular flexibility index (Phi) is 4.48. The van der Waals surface area contributed by atoms with E-state index in [4.69, 9.17) is 10.00 Å². The van der Waals surface area contributed by atoms with Crippen LogP contribution in [0, 0.1) is 11.3 Å². The molecule has 3 rings (SSSR count). The number of carbonyl (C=O) groups is 1. The Balaban J connectivity index is 1.58. The van der Waals surface area contributed by atoms with Crippen molar-refractivity contribution in [2.24, 2.45) is 0 Å². The van der Waals surface area contributed by atoms with Crippen molar-refractivity contribution in [1.29, 1.82) is 5.26 Å². The van der Waals surface area contributed by atoms with Crippen molar-refractivity contribution in [2.75, 3.05) is 13.1 Å². The SMILES string of the molecule is N#Cc1nccnc1O[C@H]1CCN(C(=O)Cc2ccccc2)C1. The molecule has 2 aromatic rings. The Morgan fingerprint density at radius 3 is 2.87 bits per heavy atom. The van der Waals surface area contributed by atoms with Gasteiger partial charge in [0.05, 0.1) is 13.0 Å². The van der Waals surface area contributed by atoms with E-state index in [2.05, 4.69) is 9.97 Å². The molecular formula is C17H16N4O2. The molecule has 1 saturated heterocycles. The van der Waals surface area contributed by atoms with Crippen LogP contribution >= 0.6 is 0 Å². The minimum absolute atomic E-state index is 0.0851. The summed E-state index contributed by atoms with van der Waals surface area (Å²) in [7, 11) is 0. The molecule has 1 fully saturated rings. The Labute approximate surface area is 134 Å². The van der Waals surface area contributed by atoms with Crippen molar-refractivity contribution in [2.45, 2.75) is 18.9 Å². The van der Waals surface area contributed by atoms with Gasteiger partial charge in [-0.05, 0) is 5.56 Å². The van der Waals surface area contributed by atoms with Crippen LogP contribution in [0.2, 0.25) is 0 Å². The predicted octanol–water partition coefficient (Wildman–Crippen LogP) is 1.57. The normalized spacial score (nSPS) is 16.8. The first kappa shape index (κ1) is 15.0. The lowest BCUT2D eigenvalue weighted by atomic mass is 10.1. The number of benzene rings is 1. The number of carbonyl (C=O) groups excluding carboxylic acids is 1. The van der Waals surface area contributed by atoms with E-state index >= 15 is 0 Å². The average molecular weight is 308 g/mol. The molecule has 1 aliphatic heterocycles. The fraction of sp³-hybridized carbons (Fsp3) is 0.294. The fourth-order valence-corrected chi connectivity index (χ4v) is 2.58. The number of hydrogen-bond acceptors (Lipinski definition) is 5. The first-order valence-corrected chi connectivity index (χ1v) is 7.45. The summed E-state index contributed by atoms with van der Waals surface area (Å²) < 4.78 is 5.74. The maximum Gasteiger partial charge on any atom is 0.251 e. The van der Waals surface area contributed by atoms with Gasteiger partial charge in [0, 0.05) is 25.4 Å². The van der Waals surface area contributed by atoms with Gasteiger partial charge >= 0.3 is 0 Å². The van der Waals surface area contributed by atoms with E-state index in [9.17, 15) is 4.79 Å². The van der Waals surface area contributed by atoms with Crippen LogP contribution in [0.5, 0.6) is 5.88 Å². The van der Waals surface area contributed by atoms with Gasteiger partial charge < -0.3 is 9.64 Å². The molecule has 1 aliphatic rings. The highest BCUT2D eigenvalue weighted by atomic mass is 16.5. The zero-order valence-electron chi connectivity index (χ0n) is 12.6. The summed E-state index contributed by atoms with van der Waals surface area (Å²) in [4.78, 5) is 22.1. The molecule has 0 bridgehead atoms. The van der Waals surface area contributed by atoms with Gasteiger partial charge in [-0.25, -0.2) is 9.97 Å². The van der Waals surface area contributed by atoms with Gasteiger partial charge in [0.1, 0.15) is 12.2 Å². The Hall–Kier alpha value is -2.94. The Morgan fingerprint density at radius 2 is 2.09 bits per heavy atom. The highest BCUT2D eigenvalue weighted by molar-refractivity contribution is 5.79. The lowest BCUT2D eigenvalue weighted by Gasteiger charge is -2.17. The molecule has 1 aromatic carbocycles. The topological polar surface area (TPSA) is 79.1 Å². The lowest BCUT2D eigenvalue weighted by Crippen LogP contribution is -2.32. The summed E-state index contributed by atoms with van der Waals surface area (Å²) >= 11 is 0. The molecule has 6 heteroatoms. The minimum atomic E-state index is -0.154. The van der Waals surface area contributed by atoms with E-state index in [1.165, 1.54) is 12.4 Å². The molecular weight excluding hydrogens is 292 g/mol. The van der Waals surface area contributed by atoms with Gasteiger partial charge in [-0.2, -0.15) is 5.26 Å². The standard InChI is InChI=1S/C17H16N4O2/c18-11-15-17(20-8-7-19-15)23-14-6-9-21(12-14)16(22)10-13-4-2-1-3-5-13/h1-5,7-8,14H,6,9-10,12H2/t14-/m0/s1. The number of rotatable bonds is 4.